The van der Waals surface area contributed by atoms with E-state index < -0.39 is 0 Å². The molecular weight excluding hydrogens is 236 g/mol. The van der Waals surface area contributed by atoms with E-state index in [2.05, 4.69) is 10.6 Å². The van der Waals surface area contributed by atoms with Gasteiger partial charge in [-0.25, -0.2) is 0 Å². The molecular formula is C16H28N2O. The molecule has 0 aromatic heterocycles. The van der Waals surface area contributed by atoms with Crippen molar-refractivity contribution >= 4 is 5.91 Å². The Balaban J connectivity index is 1.56. The third-order valence-corrected chi connectivity index (χ3v) is 5.77. The number of hydrogen-bond acceptors (Lipinski definition) is 2. The third kappa shape index (κ3) is 2.67. The van der Waals surface area contributed by atoms with Gasteiger partial charge in [0.15, 0.2) is 0 Å². The standard InChI is InChI=1S/C16H28N2O/c19-15(18-10-13-6-2-1-3-7-13)16-9-5-4-8-14(16)11-17-12-16/h13-14,17H,1-12H2,(H,18,19)/t14-,16+/m0/s1. The quantitative estimate of drug-likeness (QED) is 0.822. The van der Waals surface area contributed by atoms with E-state index in [9.17, 15) is 4.79 Å². The molecule has 1 amide bonds. The van der Waals surface area contributed by atoms with E-state index >= 15 is 0 Å². The van der Waals surface area contributed by atoms with Crippen LogP contribution in [0, 0.1) is 17.3 Å². The SMILES string of the molecule is O=C(NCC1CCCCC1)[C@@]12CCCC[C@H]1CNC2. The summed E-state index contributed by atoms with van der Waals surface area (Å²) in [6, 6.07) is 0. The molecule has 0 unspecified atom stereocenters. The second-order valence-electron chi connectivity index (χ2n) is 6.94. The number of carbonyl (C=O) groups is 1. The minimum absolute atomic E-state index is 0.0626. The maximum absolute atomic E-state index is 12.7. The molecule has 1 aliphatic heterocycles. The molecule has 1 saturated heterocycles. The average molecular weight is 264 g/mol. The molecule has 0 bridgehead atoms. The molecule has 2 N–H and O–H groups in total. The lowest BCUT2D eigenvalue weighted by Gasteiger charge is -2.37. The first-order valence-electron chi connectivity index (χ1n) is 8.30. The van der Waals surface area contributed by atoms with Crippen molar-refractivity contribution < 1.29 is 4.79 Å². The van der Waals surface area contributed by atoms with E-state index in [1.807, 2.05) is 0 Å². The van der Waals surface area contributed by atoms with Gasteiger partial charge in [0.25, 0.3) is 0 Å². The zero-order valence-electron chi connectivity index (χ0n) is 12.0. The Morgan fingerprint density at radius 2 is 1.89 bits per heavy atom. The lowest BCUT2D eigenvalue weighted by atomic mass is 9.67. The Morgan fingerprint density at radius 3 is 2.74 bits per heavy atom. The highest BCUT2D eigenvalue weighted by Crippen LogP contribution is 2.43. The van der Waals surface area contributed by atoms with Gasteiger partial charge >= 0.3 is 0 Å². The number of carbonyl (C=O) groups excluding carboxylic acids is 1. The first-order chi connectivity index (χ1) is 9.31. The van der Waals surface area contributed by atoms with Gasteiger partial charge in [0.2, 0.25) is 5.91 Å². The van der Waals surface area contributed by atoms with Crippen molar-refractivity contribution in [3.05, 3.63) is 0 Å². The average Bonchev–Trinajstić information content (AvgIpc) is 2.91. The minimum Gasteiger partial charge on any atom is -0.355 e. The largest absolute Gasteiger partial charge is 0.355 e. The van der Waals surface area contributed by atoms with E-state index in [4.69, 9.17) is 0 Å². The van der Waals surface area contributed by atoms with Crippen molar-refractivity contribution in [1.82, 2.24) is 10.6 Å². The van der Waals surface area contributed by atoms with Gasteiger partial charge in [-0.05, 0) is 44.1 Å². The van der Waals surface area contributed by atoms with Crippen LogP contribution in [0.3, 0.4) is 0 Å². The van der Waals surface area contributed by atoms with Crippen molar-refractivity contribution in [2.24, 2.45) is 17.3 Å². The van der Waals surface area contributed by atoms with Gasteiger partial charge in [-0.2, -0.15) is 0 Å². The van der Waals surface area contributed by atoms with Crippen LogP contribution >= 0.6 is 0 Å². The molecule has 3 rings (SSSR count). The van der Waals surface area contributed by atoms with Gasteiger partial charge in [0.05, 0.1) is 5.41 Å². The monoisotopic (exact) mass is 264 g/mol. The smallest absolute Gasteiger partial charge is 0.227 e. The molecule has 108 valence electrons. The number of nitrogens with one attached hydrogen (secondary N) is 2. The van der Waals surface area contributed by atoms with E-state index in [1.54, 1.807) is 0 Å². The molecule has 0 aromatic carbocycles. The first kappa shape index (κ1) is 13.4. The van der Waals surface area contributed by atoms with Crippen molar-refractivity contribution in [3.63, 3.8) is 0 Å². The van der Waals surface area contributed by atoms with Crippen LogP contribution in [-0.2, 0) is 4.79 Å². The molecule has 3 nitrogen and oxygen atoms in total. The summed E-state index contributed by atoms with van der Waals surface area (Å²) in [6.45, 7) is 2.89. The van der Waals surface area contributed by atoms with Crippen LogP contribution < -0.4 is 10.6 Å². The van der Waals surface area contributed by atoms with Gasteiger partial charge in [0, 0.05) is 13.1 Å². The highest BCUT2D eigenvalue weighted by Gasteiger charge is 2.49. The molecule has 1 heterocycles. The highest BCUT2D eigenvalue weighted by atomic mass is 16.2. The molecule has 3 aliphatic rings. The van der Waals surface area contributed by atoms with Crippen LogP contribution in [0.15, 0.2) is 0 Å². The molecule has 2 atom stereocenters. The summed E-state index contributed by atoms with van der Waals surface area (Å²) in [5, 5.41) is 6.77. The first-order valence-corrected chi connectivity index (χ1v) is 8.30. The van der Waals surface area contributed by atoms with E-state index in [1.165, 1.54) is 51.4 Å². The number of fused-ring (bicyclic) bond motifs is 1. The molecule has 0 radical (unpaired) electrons. The Hall–Kier alpha value is -0.570. The lowest BCUT2D eigenvalue weighted by Crippen LogP contribution is -2.48. The second kappa shape index (κ2) is 5.82. The predicted octanol–water partition coefficient (Wildman–Crippen LogP) is 2.46. The molecule has 3 fully saturated rings. The zero-order valence-corrected chi connectivity index (χ0v) is 12.0. The molecule has 2 saturated carbocycles. The lowest BCUT2D eigenvalue weighted by molar-refractivity contribution is -0.134. The van der Waals surface area contributed by atoms with Crippen molar-refractivity contribution in [3.8, 4) is 0 Å². The van der Waals surface area contributed by atoms with Crippen LogP contribution in [-0.4, -0.2) is 25.5 Å². The number of amides is 1. The molecule has 0 spiro atoms. The third-order valence-electron chi connectivity index (χ3n) is 5.77. The second-order valence-corrected chi connectivity index (χ2v) is 6.94. The fourth-order valence-corrected chi connectivity index (χ4v) is 4.49. The predicted molar refractivity (Wildman–Crippen MR) is 76.8 cm³/mol. The number of hydrogen-bond donors (Lipinski definition) is 2. The van der Waals surface area contributed by atoms with Crippen molar-refractivity contribution in [2.45, 2.75) is 57.8 Å². The summed E-state index contributed by atoms with van der Waals surface area (Å²) in [5.74, 6) is 1.69. The fourth-order valence-electron chi connectivity index (χ4n) is 4.49. The maximum Gasteiger partial charge on any atom is 0.227 e. The summed E-state index contributed by atoms with van der Waals surface area (Å²) in [5.41, 5.74) is -0.0626. The molecule has 19 heavy (non-hydrogen) atoms. The Morgan fingerprint density at radius 1 is 1.11 bits per heavy atom. The maximum atomic E-state index is 12.7. The Kier molecular flexibility index (Phi) is 4.11. The molecule has 0 aromatic rings. The van der Waals surface area contributed by atoms with Gasteiger partial charge in [-0.15, -0.1) is 0 Å². The van der Waals surface area contributed by atoms with Crippen LogP contribution in [0.25, 0.3) is 0 Å². The van der Waals surface area contributed by atoms with Crippen LogP contribution in [0.1, 0.15) is 57.8 Å². The minimum atomic E-state index is -0.0626. The van der Waals surface area contributed by atoms with Crippen LogP contribution in [0.5, 0.6) is 0 Å². The normalized spacial score (nSPS) is 35.9. The summed E-state index contributed by atoms with van der Waals surface area (Å²) >= 11 is 0. The van der Waals surface area contributed by atoms with E-state index in [-0.39, 0.29) is 5.41 Å². The van der Waals surface area contributed by atoms with Crippen molar-refractivity contribution in [1.29, 1.82) is 0 Å². The topological polar surface area (TPSA) is 41.1 Å². The Bertz CT molecular complexity index is 325. The van der Waals surface area contributed by atoms with Gasteiger partial charge in [-0.3, -0.25) is 4.79 Å². The molecule has 3 heteroatoms. The summed E-state index contributed by atoms with van der Waals surface area (Å²) in [4.78, 5) is 12.7. The van der Waals surface area contributed by atoms with E-state index in [0.29, 0.717) is 11.8 Å². The highest BCUT2D eigenvalue weighted by molar-refractivity contribution is 5.83. The number of rotatable bonds is 3. The van der Waals surface area contributed by atoms with Gasteiger partial charge < -0.3 is 10.6 Å². The fraction of sp³-hybridized carbons (Fsp3) is 0.938. The summed E-state index contributed by atoms with van der Waals surface area (Å²) < 4.78 is 0. The molecule has 2 aliphatic carbocycles. The van der Waals surface area contributed by atoms with E-state index in [0.717, 1.165) is 32.0 Å². The van der Waals surface area contributed by atoms with Crippen LogP contribution in [0.2, 0.25) is 0 Å². The van der Waals surface area contributed by atoms with Gasteiger partial charge in [0.1, 0.15) is 0 Å². The van der Waals surface area contributed by atoms with Gasteiger partial charge in [-0.1, -0.05) is 32.1 Å². The summed E-state index contributed by atoms with van der Waals surface area (Å²) in [6.07, 6.45) is 11.6. The Labute approximate surface area is 116 Å². The zero-order chi connectivity index (χ0) is 13.1. The van der Waals surface area contributed by atoms with Crippen LogP contribution in [0.4, 0.5) is 0 Å². The van der Waals surface area contributed by atoms with Crippen molar-refractivity contribution in [2.75, 3.05) is 19.6 Å². The summed E-state index contributed by atoms with van der Waals surface area (Å²) in [7, 11) is 0.